The van der Waals surface area contributed by atoms with Crippen LogP contribution < -0.4 is 0 Å². The van der Waals surface area contributed by atoms with Crippen LogP contribution in [-0.4, -0.2) is 5.78 Å². The number of Topliss-reactive ketones (excluding diaryl/α,β-unsaturated/α-hetero) is 1. The zero-order valence-electron chi connectivity index (χ0n) is 12.7. The van der Waals surface area contributed by atoms with Gasteiger partial charge in [0, 0.05) is 23.0 Å². The molecule has 2 rings (SSSR count). The molecule has 0 atom stereocenters. The summed E-state index contributed by atoms with van der Waals surface area (Å²) in [6, 6.07) is 0. The number of carbonyl (C=O) groups excluding carboxylic acids is 1. The molecule has 0 bridgehead atoms. The Morgan fingerprint density at radius 2 is 1.89 bits per heavy atom. The van der Waals surface area contributed by atoms with Crippen LogP contribution in [0.1, 0.15) is 70.3 Å². The lowest BCUT2D eigenvalue weighted by Gasteiger charge is -2.10. The molecular weight excluding hydrogens is 236 g/mol. The Labute approximate surface area is 115 Å². The predicted octanol–water partition coefficient (Wildman–Crippen LogP) is 4.74. The van der Waals surface area contributed by atoms with Gasteiger partial charge in [0.25, 0.3) is 0 Å². The summed E-state index contributed by atoms with van der Waals surface area (Å²) in [6.45, 7) is 10.3. The van der Waals surface area contributed by atoms with Crippen molar-refractivity contribution in [2.45, 2.75) is 59.8 Å². The summed E-state index contributed by atoms with van der Waals surface area (Å²) in [6.07, 6.45) is 4.80. The first-order valence-corrected chi connectivity index (χ1v) is 7.28. The summed E-state index contributed by atoms with van der Waals surface area (Å²) in [5.74, 6) is 1.85. The number of hydrogen-bond acceptors (Lipinski definition) is 2. The van der Waals surface area contributed by atoms with Crippen LogP contribution in [0.2, 0.25) is 0 Å². The maximum absolute atomic E-state index is 12.3. The number of allylic oxidation sites excluding steroid dienone is 2. The second-order valence-corrected chi connectivity index (χ2v) is 6.12. The lowest BCUT2D eigenvalue weighted by molar-refractivity contribution is -0.118. The number of ketones is 1. The second-order valence-electron chi connectivity index (χ2n) is 6.12. The zero-order valence-corrected chi connectivity index (χ0v) is 12.7. The van der Waals surface area contributed by atoms with Crippen LogP contribution in [-0.2, 0) is 11.2 Å². The lowest BCUT2D eigenvalue weighted by atomic mass is 9.92. The fourth-order valence-electron chi connectivity index (χ4n) is 2.90. The predicted molar refractivity (Wildman–Crippen MR) is 78.2 cm³/mol. The Morgan fingerprint density at radius 3 is 2.47 bits per heavy atom. The molecule has 0 amide bonds. The monoisotopic (exact) mass is 260 g/mol. The fraction of sp³-hybridized carbons (Fsp3) is 0.588. The molecule has 0 fully saturated rings. The van der Waals surface area contributed by atoms with Gasteiger partial charge in [-0.2, -0.15) is 0 Å². The molecule has 0 saturated heterocycles. The standard InChI is InChI=1S/C17H24O2/c1-10(2)16(18)13-7-6-8-14-15(12(13)5)9-19-17(14)11(3)4/h9-11H,6-8H2,1-5H3. The van der Waals surface area contributed by atoms with E-state index in [1.165, 1.54) is 5.56 Å². The van der Waals surface area contributed by atoms with Crippen molar-refractivity contribution in [3.63, 3.8) is 0 Å². The van der Waals surface area contributed by atoms with Crippen molar-refractivity contribution in [1.29, 1.82) is 0 Å². The number of rotatable bonds is 3. The van der Waals surface area contributed by atoms with Crippen molar-refractivity contribution in [2.75, 3.05) is 0 Å². The van der Waals surface area contributed by atoms with Crippen LogP contribution in [0.5, 0.6) is 0 Å². The third-order valence-corrected chi connectivity index (χ3v) is 3.98. The molecule has 1 aliphatic rings. The molecule has 2 nitrogen and oxygen atoms in total. The molecule has 0 saturated carbocycles. The average Bonchev–Trinajstić information content (AvgIpc) is 2.70. The Kier molecular flexibility index (Phi) is 3.98. The average molecular weight is 260 g/mol. The van der Waals surface area contributed by atoms with Gasteiger partial charge in [0.05, 0.1) is 6.26 Å². The van der Waals surface area contributed by atoms with E-state index < -0.39 is 0 Å². The van der Waals surface area contributed by atoms with E-state index in [-0.39, 0.29) is 11.7 Å². The number of fused-ring (bicyclic) bond motifs is 1. The molecule has 1 aliphatic carbocycles. The van der Waals surface area contributed by atoms with Crippen LogP contribution in [0.15, 0.2) is 16.3 Å². The van der Waals surface area contributed by atoms with Gasteiger partial charge in [-0.05, 0) is 37.3 Å². The summed E-state index contributed by atoms with van der Waals surface area (Å²) in [5, 5.41) is 0. The minimum atomic E-state index is 0.0722. The first kappa shape index (κ1) is 14.1. The smallest absolute Gasteiger partial charge is 0.161 e. The van der Waals surface area contributed by atoms with Gasteiger partial charge in [-0.3, -0.25) is 4.79 Å². The van der Waals surface area contributed by atoms with Crippen molar-refractivity contribution < 1.29 is 9.21 Å². The van der Waals surface area contributed by atoms with Crippen LogP contribution >= 0.6 is 0 Å². The highest BCUT2D eigenvalue weighted by Gasteiger charge is 2.25. The van der Waals surface area contributed by atoms with Crippen LogP contribution in [0.4, 0.5) is 0 Å². The van der Waals surface area contributed by atoms with Crippen LogP contribution in [0.25, 0.3) is 5.57 Å². The normalized spacial score (nSPS) is 15.9. The Morgan fingerprint density at radius 1 is 1.21 bits per heavy atom. The van der Waals surface area contributed by atoms with E-state index in [1.807, 2.05) is 20.1 Å². The van der Waals surface area contributed by atoms with E-state index in [0.717, 1.165) is 41.7 Å². The molecule has 1 aromatic heterocycles. The van der Waals surface area contributed by atoms with Gasteiger partial charge >= 0.3 is 0 Å². The first-order chi connectivity index (χ1) is 8.93. The number of carbonyl (C=O) groups is 1. The maximum Gasteiger partial charge on any atom is 0.161 e. The molecule has 1 heterocycles. The van der Waals surface area contributed by atoms with E-state index in [1.54, 1.807) is 0 Å². The van der Waals surface area contributed by atoms with E-state index in [2.05, 4.69) is 20.8 Å². The molecular formula is C17H24O2. The van der Waals surface area contributed by atoms with E-state index in [4.69, 9.17) is 4.42 Å². The summed E-state index contributed by atoms with van der Waals surface area (Å²) >= 11 is 0. The van der Waals surface area contributed by atoms with E-state index in [9.17, 15) is 4.79 Å². The molecule has 0 unspecified atom stereocenters. The molecule has 0 N–H and O–H groups in total. The highest BCUT2D eigenvalue weighted by atomic mass is 16.3. The maximum atomic E-state index is 12.3. The van der Waals surface area contributed by atoms with Crippen molar-refractivity contribution in [3.8, 4) is 0 Å². The van der Waals surface area contributed by atoms with Crippen molar-refractivity contribution in [3.05, 3.63) is 28.7 Å². The number of hydrogen-bond donors (Lipinski definition) is 0. The SMILES string of the molecule is CC1=C(C(=O)C(C)C)CCCc2c1coc2C(C)C. The molecule has 104 valence electrons. The Balaban J connectivity index is 2.50. The first-order valence-electron chi connectivity index (χ1n) is 7.28. The Hall–Kier alpha value is -1.31. The largest absolute Gasteiger partial charge is 0.468 e. The van der Waals surface area contributed by atoms with Gasteiger partial charge in [0.2, 0.25) is 0 Å². The highest BCUT2D eigenvalue weighted by Crippen LogP contribution is 2.36. The molecule has 1 aromatic rings. The summed E-state index contributed by atoms with van der Waals surface area (Å²) < 4.78 is 5.75. The molecule has 0 aliphatic heterocycles. The van der Waals surface area contributed by atoms with Crippen molar-refractivity contribution in [2.24, 2.45) is 5.92 Å². The van der Waals surface area contributed by atoms with Crippen molar-refractivity contribution >= 4 is 11.4 Å². The molecule has 19 heavy (non-hydrogen) atoms. The van der Waals surface area contributed by atoms with Gasteiger partial charge < -0.3 is 4.42 Å². The number of furan rings is 1. The lowest BCUT2D eigenvalue weighted by Crippen LogP contribution is -2.11. The summed E-state index contributed by atoms with van der Waals surface area (Å²) in [4.78, 5) is 12.3. The second kappa shape index (κ2) is 5.36. The quantitative estimate of drug-likeness (QED) is 0.786. The highest BCUT2D eigenvalue weighted by molar-refractivity contribution is 6.03. The zero-order chi connectivity index (χ0) is 14.2. The Bertz CT molecular complexity index is 515. The fourth-order valence-corrected chi connectivity index (χ4v) is 2.90. The van der Waals surface area contributed by atoms with Crippen LogP contribution in [0, 0.1) is 5.92 Å². The minimum Gasteiger partial charge on any atom is -0.468 e. The van der Waals surface area contributed by atoms with Gasteiger partial charge in [-0.25, -0.2) is 0 Å². The molecule has 0 radical (unpaired) electrons. The van der Waals surface area contributed by atoms with Crippen LogP contribution in [0.3, 0.4) is 0 Å². The van der Waals surface area contributed by atoms with Gasteiger partial charge in [0.1, 0.15) is 5.76 Å². The van der Waals surface area contributed by atoms with E-state index in [0.29, 0.717) is 5.92 Å². The third-order valence-electron chi connectivity index (χ3n) is 3.98. The molecule has 0 aromatic carbocycles. The minimum absolute atomic E-state index is 0.0722. The van der Waals surface area contributed by atoms with Gasteiger partial charge in [-0.1, -0.05) is 27.7 Å². The molecule has 0 spiro atoms. The molecule has 2 heteroatoms. The summed E-state index contributed by atoms with van der Waals surface area (Å²) in [5.41, 5.74) is 4.61. The van der Waals surface area contributed by atoms with Gasteiger partial charge in [0.15, 0.2) is 5.78 Å². The van der Waals surface area contributed by atoms with E-state index >= 15 is 0 Å². The summed E-state index contributed by atoms with van der Waals surface area (Å²) in [7, 11) is 0. The topological polar surface area (TPSA) is 30.2 Å². The van der Waals surface area contributed by atoms with Crippen molar-refractivity contribution in [1.82, 2.24) is 0 Å². The third kappa shape index (κ3) is 2.54. The van der Waals surface area contributed by atoms with Gasteiger partial charge in [-0.15, -0.1) is 0 Å².